The summed E-state index contributed by atoms with van der Waals surface area (Å²) in [5.41, 5.74) is 2.86. The summed E-state index contributed by atoms with van der Waals surface area (Å²) in [6, 6.07) is 17.7. The van der Waals surface area contributed by atoms with E-state index in [9.17, 15) is 4.79 Å². The van der Waals surface area contributed by atoms with E-state index in [1.807, 2.05) is 49.4 Å². The van der Waals surface area contributed by atoms with Gasteiger partial charge >= 0.3 is 0 Å². The molecule has 0 fully saturated rings. The Labute approximate surface area is 149 Å². The van der Waals surface area contributed by atoms with Gasteiger partial charge < -0.3 is 15.4 Å². The van der Waals surface area contributed by atoms with Crippen molar-refractivity contribution in [3.8, 4) is 5.75 Å². The monoisotopic (exact) mass is 338 g/mol. The second kappa shape index (κ2) is 9.64. The largest absolute Gasteiger partial charge is 0.489 e. The molecular formula is C21H26N2O2. The Hall–Kier alpha value is -2.59. The van der Waals surface area contributed by atoms with Crippen molar-refractivity contribution in [2.75, 3.05) is 18.5 Å². The van der Waals surface area contributed by atoms with Crippen molar-refractivity contribution in [1.29, 1.82) is 0 Å². The van der Waals surface area contributed by atoms with Gasteiger partial charge in [0.1, 0.15) is 12.4 Å². The maximum Gasteiger partial charge on any atom is 0.238 e. The van der Waals surface area contributed by atoms with Crippen molar-refractivity contribution in [3.05, 3.63) is 72.3 Å². The number of carbonyl (C=O) groups is 1. The standard InChI is InChI=1S/C21H26N2O2/c1-4-20(17-9-6-5-7-10-17)22-14-21(24)23-18-11-8-12-19(13-18)25-15-16(2)3/h5-13,20,22H,2,4,14-15H2,1,3H3,(H,23,24). The molecule has 132 valence electrons. The lowest BCUT2D eigenvalue weighted by Crippen LogP contribution is -2.31. The minimum absolute atomic E-state index is 0.0774. The highest BCUT2D eigenvalue weighted by Crippen LogP contribution is 2.18. The van der Waals surface area contributed by atoms with Crippen LogP contribution in [-0.4, -0.2) is 19.1 Å². The molecule has 0 aliphatic rings. The van der Waals surface area contributed by atoms with E-state index in [1.54, 1.807) is 0 Å². The van der Waals surface area contributed by atoms with Crippen molar-refractivity contribution >= 4 is 11.6 Å². The Morgan fingerprint density at radius 1 is 1.16 bits per heavy atom. The average molecular weight is 338 g/mol. The molecule has 0 heterocycles. The summed E-state index contributed by atoms with van der Waals surface area (Å²) >= 11 is 0. The smallest absolute Gasteiger partial charge is 0.238 e. The molecule has 0 spiro atoms. The maximum atomic E-state index is 12.2. The predicted octanol–water partition coefficient (Wildman–Crippen LogP) is 4.32. The zero-order valence-corrected chi connectivity index (χ0v) is 14.9. The number of hydrogen-bond acceptors (Lipinski definition) is 3. The fourth-order valence-corrected chi connectivity index (χ4v) is 2.47. The van der Waals surface area contributed by atoms with Gasteiger partial charge in [-0.2, -0.15) is 0 Å². The van der Waals surface area contributed by atoms with Crippen LogP contribution in [0.5, 0.6) is 5.75 Å². The number of ether oxygens (including phenoxy) is 1. The molecule has 2 aromatic rings. The van der Waals surface area contributed by atoms with Gasteiger partial charge in [-0.3, -0.25) is 4.79 Å². The molecule has 2 aromatic carbocycles. The van der Waals surface area contributed by atoms with Crippen LogP contribution in [0.25, 0.3) is 0 Å². The normalized spacial score (nSPS) is 11.6. The van der Waals surface area contributed by atoms with E-state index in [0.29, 0.717) is 12.4 Å². The quantitative estimate of drug-likeness (QED) is 0.670. The highest BCUT2D eigenvalue weighted by atomic mass is 16.5. The van der Waals surface area contributed by atoms with Gasteiger partial charge in [-0.25, -0.2) is 0 Å². The lowest BCUT2D eigenvalue weighted by Gasteiger charge is -2.17. The van der Waals surface area contributed by atoms with Crippen molar-refractivity contribution in [2.45, 2.75) is 26.3 Å². The Kier molecular flexibility index (Phi) is 7.23. The van der Waals surface area contributed by atoms with Crippen LogP contribution in [0.15, 0.2) is 66.7 Å². The summed E-state index contributed by atoms with van der Waals surface area (Å²) in [7, 11) is 0. The molecule has 1 unspecified atom stereocenters. The summed E-state index contributed by atoms with van der Waals surface area (Å²) in [5, 5.41) is 6.20. The summed E-state index contributed by atoms with van der Waals surface area (Å²) in [5.74, 6) is 0.635. The van der Waals surface area contributed by atoms with Crippen LogP contribution in [-0.2, 0) is 4.79 Å². The van der Waals surface area contributed by atoms with Crippen LogP contribution in [0.3, 0.4) is 0 Å². The third-order valence-electron chi connectivity index (χ3n) is 3.72. The molecule has 2 rings (SSSR count). The second-order valence-electron chi connectivity index (χ2n) is 6.07. The highest BCUT2D eigenvalue weighted by molar-refractivity contribution is 5.92. The molecule has 0 radical (unpaired) electrons. The first-order valence-corrected chi connectivity index (χ1v) is 8.54. The molecule has 1 amide bonds. The van der Waals surface area contributed by atoms with E-state index in [-0.39, 0.29) is 18.5 Å². The summed E-state index contributed by atoms with van der Waals surface area (Å²) in [6.07, 6.45) is 0.918. The highest BCUT2D eigenvalue weighted by Gasteiger charge is 2.10. The number of carbonyl (C=O) groups excluding carboxylic acids is 1. The van der Waals surface area contributed by atoms with Gasteiger partial charge in [0.05, 0.1) is 6.54 Å². The van der Waals surface area contributed by atoms with E-state index in [2.05, 4.69) is 36.3 Å². The summed E-state index contributed by atoms with van der Waals surface area (Å²) in [6.45, 7) is 8.55. The van der Waals surface area contributed by atoms with Crippen LogP contribution >= 0.6 is 0 Å². The number of hydrogen-bond donors (Lipinski definition) is 2. The first kappa shape index (κ1) is 18.7. The van der Waals surface area contributed by atoms with Gasteiger partial charge in [-0.1, -0.05) is 49.9 Å². The minimum atomic E-state index is -0.0774. The Morgan fingerprint density at radius 3 is 2.60 bits per heavy atom. The third kappa shape index (κ3) is 6.43. The van der Waals surface area contributed by atoms with E-state index in [4.69, 9.17) is 4.74 Å². The Morgan fingerprint density at radius 2 is 1.92 bits per heavy atom. The number of amides is 1. The molecule has 4 heteroatoms. The summed E-state index contributed by atoms with van der Waals surface area (Å²) in [4.78, 5) is 12.2. The van der Waals surface area contributed by atoms with Crippen molar-refractivity contribution in [1.82, 2.24) is 5.32 Å². The van der Waals surface area contributed by atoms with Crippen molar-refractivity contribution < 1.29 is 9.53 Å². The Balaban J connectivity index is 1.87. The molecule has 2 N–H and O–H groups in total. The van der Waals surface area contributed by atoms with E-state index in [1.165, 1.54) is 5.56 Å². The lowest BCUT2D eigenvalue weighted by molar-refractivity contribution is -0.115. The number of benzene rings is 2. The van der Waals surface area contributed by atoms with Crippen LogP contribution < -0.4 is 15.4 Å². The van der Waals surface area contributed by atoms with Crippen LogP contribution in [0.1, 0.15) is 31.9 Å². The Bertz CT molecular complexity index is 698. The molecule has 0 aliphatic carbocycles. The first-order chi connectivity index (χ1) is 12.1. The van der Waals surface area contributed by atoms with E-state index >= 15 is 0 Å². The van der Waals surface area contributed by atoms with Crippen LogP contribution in [0.2, 0.25) is 0 Å². The fourth-order valence-electron chi connectivity index (χ4n) is 2.47. The first-order valence-electron chi connectivity index (χ1n) is 8.54. The SMILES string of the molecule is C=C(C)COc1cccc(NC(=O)CNC(CC)c2ccccc2)c1. The average Bonchev–Trinajstić information content (AvgIpc) is 2.62. The molecular weight excluding hydrogens is 312 g/mol. The molecule has 0 bridgehead atoms. The summed E-state index contributed by atoms with van der Waals surface area (Å²) < 4.78 is 5.60. The predicted molar refractivity (Wildman–Crippen MR) is 103 cm³/mol. The van der Waals surface area contributed by atoms with Crippen LogP contribution in [0.4, 0.5) is 5.69 Å². The third-order valence-corrected chi connectivity index (χ3v) is 3.72. The molecule has 1 atom stereocenters. The fraction of sp³-hybridized carbons (Fsp3) is 0.286. The number of nitrogens with one attached hydrogen (secondary N) is 2. The molecule has 0 saturated carbocycles. The van der Waals surface area contributed by atoms with Gasteiger partial charge in [-0.15, -0.1) is 0 Å². The second-order valence-corrected chi connectivity index (χ2v) is 6.07. The van der Waals surface area contributed by atoms with Gasteiger partial charge in [0, 0.05) is 17.8 Å². The number of anilines is 1. The van der Waals surface area contributed by atoms with Gasteiger partial charge in [0.2, 0.25) is 5.91 Å². The topological polar surface area (TPSA) is 50.4 Å². The van der Waals surface area contributed by atoms with Gasteiger partial charge in [0.25, 0.3) is 0 Å². The lowest BCUT2D eigenvalue weighted by atomic mass is 10.0. The van der Waals surface area contributed by atoms with Gasteiger partial charge in [-0.05, 0) is 36.6 Å². The van der Waals surface area contributed by atoms with Crippen LogP contribution in [0, 0.1) is 0 Å². The molecule has 25 heavy (non-hydrogen) atoms. The molecule has 4 nitrogen and oxygen atoms in total. The van der Waals surface area contributed by atoms with Crippen molar-refractivity contribution in [3.63, 3.8) is 0 Å². The number of rotatable bonds is 9. The molecule has 0 aromatic heterocycles. The zero-order chi connectivity index (χ0) is 18.1. The van der Waals surface area contributed by atoms with E-state index < -0.39 is 0 Å². The van der Waals surface area contributed by atoms with Gasteiger partial charge in [0.15, 0.2) is 0 Å². The molecule has 0 aliphatic heterocycles. The maximum absolute atomic E-state index is 12.2. The zero-order valence-electron chi connectivity index (χ0n) is 14.9. The van der Waals surface area contributed by atoms with Crippen molar-refractivity contribution in [2.24, 2.45) is 0 Å². The van der Waals surface area contributed by atoms with E-state index in [0.717, 1.165) is 17.7 Å². The minimum Gasteiger partial charge on any atom is -0.489 e. The molecule has 0 saturated heterocycles.